The SMILES string of the molecule is CC=CCOC1CCC(C2CCC(C(F)(F)Oc3ccc(C(F)(F)Oc4ccc(OC=C(F)F)c(F)c4)cc3)CC2)CC1. The van der Waals surface area contributed by atoms with Gasteiger partial charge in [0.1, 0.15) is 11.5 Å². The summed E-state index contributed by atoms with van der Waals surface area (Å²) in [6, 6.07) is 6.06. The summed E-state index contributed by atoms with van der Waals surface area (Å²) in [5.41, 5.74) is -0.686. The topological polar surface area (TPSA) is 36.9 Å². The first-order chi connectivity index (χ1) is 20.5. The zero-order valence-corrected chi connectivity index (χ0v) is 23.7. The van der Waals surface area contributed by atoms with Gasteiger partial charge in [0.15, 0.2) is 17.8 Å². The highest BCUT2D eigenvalue weighted by atomic mass is 19.3. The van der Waals surface area contributed by atoms with Crippen LogP contribution in [-0.4, -0.2) is 18.8 Å². The van der Waals surface area contributed by atoms with Gasteiger partial charge in [0.05, 0.1) is 24.2 Å². The first-order valence-electron chi connectivity index (χ1n) is 14.4. The molecule has 43 heavy (non-hydrogen) atoms. The van der Waals surface area contributed by atoms with Gasteiger partial charge >= 0.3 is 18.3 Å². The number of hydrogen-bond acceptors (Lipinski definition) is 4. The maximum absolute atomic E-state index is 15.0. The minimum absolute atomic E-state index is 0.00155. The number of alkyl halides is 4. The number of ether oxygens (including phenoxy) is 4. The van der Waals surface area contributed by atoms with Gasteiger partial charge in [0.25, 0.3) is 0 Å². The van der Waals surface area contributed by atoms with E-state index in [9.17, 15) is 22.0 Å². The van der Waals surface area contributed by atoms with E-state index >= 15 is 8.78 Å². The molecule has 0 aromatic heterocycles. The van der Waals surface area contributed by atoms with Crippen molar-refractivity contribution in [2.75, 3.05) is 6.61 Å². The first kappa shape index (κ1) is 32.7. The zero-order chi connectivity index (χ0) is 31.0. The Morgan fingerprint density at radius 3 is 2.00 bits per heavy atom. The maximum Gasteiger partial charge on any atom is 0.426 e. The predicted molar refractivity (Wildman–Crippen MR) is 146 cm³/mol. The van der Waals surface area contributed by atoms with Crippen molar-refractivity contribution in [2.45, 2.75) is 76.6 Å². The van der Waals surface area contributed by atoms with Crippen LogP contribution in [0.1, 0.15) is 63.9 Å². The Kier molecular flexibility index (Phi) is 11.0. The number of halogens is 7. The van der Waals surface area contributed by atoms with Crippen LogP contribution in [-0.2, 0) is 10.8 Å². The standard InChI is InChI=1S/C32H35F7O4/c1-2-3-18-40-25-12-6-22(7-13-25)21-4-8-23(9-5-21)31(36,37)42-26-14-10-24(11-15-26)32(38,39)43-27-16-17-29(28(33)19-27)41-20-30(34)35/h2-3,10-11,14-17,19-23,25H,4-9,12-13,18H2,1H3. The van der Waals surface area contributed by atoms with Gasteiger partial charge in [-0.3, -0.25) is 0 Å². The largest absolute Gasteiger partial charge is 0.456 e. The quantitative estimate of drug-likeness (QED) is 0.135. The highest BCUT2D eigenvalue weighted by Gasteiger charge is 2.45. The fourth-order valence-electron chi connectivity index (χ4n) is 5.85. The molecule has 2 aromatic carbocycles. The monoisotopic (exact) mass is 616 g/mol. The van der Waals surface area contributed by atoms with Crippen LogP contribution < -0.4 is 14.2 Å². The normalized spacial score (nSPS) is 23.2. The van der Waals surface area contributed by atoms with Crippen LogP contribution in [0.5, 0.6) is 17.2 Å². The summed E-state index contributed by atoms with van der Waals surface area (Å²) in [5.74, 6) is -2.77. The van der Waals surface area contributed by atoms with E-state index in [-0.39, 0.29) is 18.1 Å². The lowest BCUT2D eigenvalue weighted by molar-refractivity contribution is -0.224. The molecule has 236 valence electrons. The van der Waals surface area contributed by atoms with Crippen molar-refractivity contribution in [2.24, 2.45) is 17.8 Å². The molecular weight excluding hydrogens is 581 g/mol. The average molecular weight is 617 g/mol. The second-order valence-corrected chi connectivity index (χ2v) is 11.0. The lowest BCUT2D eigenvalue weighted by Crippen LogP contribution is -2.38. The lowest BCUT2D eigenvalue weighted by atomic mass is 9.70. The van der Waals surface area contributed by atoms with E-state index in [1.54, 1.807) is 0 Å². The van der Waals surface area contributed by atoms with Crippen molar-refractivity contribution in [3.63, 3.8) is 0 Å². The Balaban J connectivity index is 1.27. The van der Waals surface area contributed by atoms with Crippen LogP contribution in [0.15, 0.2) is 67.0 Å². The first-order valence-corrected chi connectivity index (χ1v) is 14.4. The predicted octanol–water partition coefficient (Wildman–Crippen LogP) is 10.0. The third-order valence-electron chi connectivity index (χ3n) is 8.17. The molecule has 4 nitrogen and oxygen atoms in total. The third kappa shape index (κ3) is 9.14. The second-order valence-electron chi connectivity index (χ2n) is 11.0. The molecule has 0 saturated heterocycles. The fourth-order valence-corrected chi connectivity index (χ4v) is 5.85. The molecule has 0 aliphatic heterocycles. The molecule has 2 fully saturated rings. The van der Waals surface area contributed by atoms with Crippen LogP contribution in [0.3, 0.4) is 0 Å². The smallest absolute Gasteiger partial charge is 0.426 e. The van der Waals surface area contributed by atoms with Crippen LogP contribution in [0.25, 0.3) is 0 Å². The molecule has 0 bridgehead atoms. The summed E-state index contributed by atoms with van der Waals surface area (Å²) in [5, 5.41) is 0. The summed E-state index contributed by atoms with van der Waals surface area (Å²) < 4.78 is 118. The Bertz CT molecular complexity index is 1230. The van der Waals surface area contributed by atoms with Crippen molar-refractivity contribution in [3.8, 4) is 17.2 Å². The van der Waals surface area contributed by atoms with Crippen molar-refractivity contribution < 1.29 is 49.7 Å². The minimum Gasteiger partial charge on any atom is -0.456 e. The van der Waals surface area contributed by atoms with E-state index in [0.29, 0.717) is 50.2 Å². The summed E-state index contributed by atoms with van der Waals surface area (Å²) in [6.07, 6.45) is 0.641. The van der Waals surface area contributed by atoms with Gasteiger partial charge in [-0.2, -0.15) is 26.3 Å². The van der Waals surface area contributed by atoms with Crippen LogP contribution in [0, 0.1) is 23.6 Å². The average Bonchev–Trinajstić information content (AvgIpc) is 2.97. The molecule has 0 radical (unpaired) electrons. The molecule has 0 atom stereocenters. The number of allylic oxidation sites excluding steroid dienone is 1. The highest BCUT2D eigenvalue weighted by molar-refractivity contribution is 5.35. The number of benzene rings is 2. The molecule has 11 heteroatoms. The molecule has 0 heterocycles. The van der Waals surface area contributed by atoms with Gasteiger partial charge in [-0.1, -0.05) is 12.2 Å². The van der Waals surface area contributed by atoms with Crippen molar-refractivity contribution >= 4 is 0 Å². The van der Waals surface area contributed by atoms with E-state index in [0.717, 1.165) is 62.1 Å². The highest BCUT2D eigenvalue weighted by Crippen LogP contribution is 2.45. The molecule has 2 aliphatic carbocycles. The Morgan fingerprint density at radius 1 is 0.814 bits per heavy atom. The zero-order valence-electron chi connectivity index (χ0n) is 23.7. The summed E-state index contributed by atoms with van der Waals surface area (Å²) in [7, 11) is 0. The molecule has 0 spiro atoms. The van der Waals surface area contributed by atoms with Crippen molar-refractivity contribution in [3.05, 3.63) is 78.3 Å². The maximum atomic E-state index is 15.0. The third-order valence-corrected chi connectivity index (χ3v) is 8.17. The fraction of sp³-hybridized carbons (Fsp3) is 0.500. The molecule has 0 N–H and O–H groups in total. The lowest BCUT2D eigenvalue weighted by Gasteiger charge is -2.39. The molecule has 4 rings (SSSR count). The molecule has 0 amide bonds. The van der Waals surface area contributed by atoms with Gasteiger partial charge in [-0.25, -0.2) is 4.39 Å². The Morgan fingerprint density at radius 2 is 1.42 bits per heavy atom. The van der Waals surface area contributed by atoms with Crippen LogP contribution in [0.4, 0.5) is 30.7 Å². The van der Waals surface area contributed by atoms with E-state index in [1.165, 1.54) is 0 Å². The van der Waals surface area contributed by atoms with E-state index in [4.69, 9.17) is 9.47 Å². The minimum atomic E-state index is -3.96. The van der Waals surface area contributed by atoms with Gasteiger partial charge in [-0.05, 0) is 107 Å². The molecule has 2 saturated carbocycles. The Labute approximate surface area is 246 Å². The van der Waals surface area contributed by atoms with Crippen molar-refractivity contribution in [1.82, 2.24) is 0 Å². The van der Waals surface area contributed by atoms with Crippen LogP contribution >= 0.6 is 0 Å². The van der Waals surface area contributed by atoms with Gasteiger partial charge in [0, 0.05) is 6.07 Å². The molecule has 2 aliphatic rings. The summed E-state index contributed by atoms with van der Waals surface area (Å²) >= 11 is 0. The Hall–Kier alpha value is -3.21. The molecule has 0 unspecified atom stereocenters. The summed E-state index contributed by atoms with van der Waals surface area (Å²) in [4.78, 5) is 0. The van der Waals surface area contributed by atoms with Crippen molar-refractivity contribution in [1.29, 1.82) is 0 Å². The number of rotatable bonds is 12. The van der Waals surface area contributed by atoms with Crippen LogP contribution in [0.2, 0.25) is 0 Å². The van der Waals surface area contributed by atoms with E-state index in [2.05, 4.69) is 9.47 Å². The van der Waals surface area contributed by atoms with E-state index < -0.39 is 47.1 Å². The van der Waals surface area contributed by atoms with Gasteiger partial charge in [-0.15, -0.1) is 0 Å². The number of hydrogen-bond donors (Lipinski definition) is 0. The van der Waals surface area contributed by atoms with E-state index in [1.807, 2.05) is 19.1 Å². The molecular formula is C32H35F7O4. The molecule has 2 aromatic rings. The summed E-state index contributed by atoms with van der Waals surface area (Å²) in [6.45, 7) is 2.57. The van der Waals surface area contributed by atoms with Gasteiger partial charge in [0.2, 0.25) is 0 Å². The van der Waals surface area contributed by atoms with Gasteiger partial charge < -0.3 is 18.9 Å². The second kappa shape index (κ2) is 14.5.